The van der Waals surface area contributed by atoms with E-state index in [0.29, 0.717) is 11.3 Å². The highest BCUT2D eigenvalue weighted by Gasteiger charge is 2.46. The number of hydrogen-bond acceptors (Lipinski definition) is 1. The van der Waals surface area contributed by atoms with Gasteiger partial charge in [0, 0.05) is 5.92 Å². The quantitative estimate of drug-likeness (QED) is 0.483. The van der Waals surface area contributed by atoms with Crippen LogP contribution in [0.15, 0.2) is 12.2 Å². The predicted molar refractivity (Wildman–Crippen MR) is 36.0 cm³/mol. The Morgan fingerprint density at radius 1 is 1.67 bits per heavy atom. The standard InChI is InChI=1S/C8H12O/c1-8-4-2-6(8)7(9)3-5-8/h2,4,6-7,9H,3,5H2,1H3. The molecule has 0 aromatic carbocycles. The lowest BCUT2D eigenvalue weighted by molar-refractivity contribution is 0.118. The Hall–Kier alpha value is -0.300. The lowest BCUT2D eigenvalue weighted by atomic mass is 9.70. The van der Waals surface area contributed by atoms with Crippen molar-refractivity contribution >= 4 is 0 Å². The number of aliphatic hydroxyl groups is 1. The summed E-state index contributed by atoms with van der Waals surface area (Å²) >= 11 is 0. The van der Waals surface area contributed by atoms with Crippen molar-refractivity contribution in [3.8, 4) is 0 Å². The number of rotatable bonds is 0. The topological polar surface area (TPSA) is 20.2 Å². The number of allylic oxidation sites excluding steroid dienone is 1. The van der Waals surface area contributed by atoms with E-state index >= 15 is 0 Å². The van der Waals surface area contributed by atoms with Gasteiger partial charge in [0.1, 0.15) is 0 Å². The Morgan fingerprint density at radius 3 is 2.67 bits per heavy atom. The minimum absolute atomic E-state index is 0.0417. The first kappa shape index (κ1) is 5.48. The third-order valence-corrected chi connectivity index (χ3v) is 2.84. The zero-order valence-electron chi connectivity index (χ0n) is 5.67. The molecule has 1 fully saturated rings. The van der Waals surface area contributed by atoms with Crippen LogP contribution in [0.4, 0.5) is 0 Å². The average molecular weight is 124 g/mol. The van der Waals surface area contributed by atoms with Crippen LogP contribution >= 0.6 is 0 Å². The maximum absolute atomic E-state index is 9.33. The van der Waals surface area contributed by atoms with Crippen molar-refractivity contribution in [2.24, 2.45) is 11.3 Å². The van der Waals surface area contributed by atoms with Crippen molar-refractivity contribution in [2.45, 2.75) is 25.9 Å². The summed E-state index contributed by atoms with van der Waals surface area (Å²) in [6, 6.07) is 0. The van der Waals surface area contributed by atoms with Crippen molar-refractivity contribution in [2.75, 3.05) is 0 Å². The Labute approximate surface area is 55.4 Å². The van der Waals surface area contributed by atoms with Gasteiger partial charge in [-0.05, 0) is 18.3 Å². The van der Waals surface area contributed by atoms with Crippen molar-refractivity contribution in [1.29, 1.82) is 0 Å². The van der Waals surface area contributed by atoms with Crippen LogP contribution in [0.1, 0.15) is 19.8 Å². The van der Waals surface area contributed by atoms with E-state index in [-0.39, 0.29) is 6.10 Å². The second-order valence-electron chi connectivity index (χ2n) is 3.50. The maximum atomic E-state index is 9.33. The molecule has 3 atom stereocenters. The Morgan fingerprint density at radius 2 is 2.44 bits per heavy atom. The Bertz CT molecular complexity index is 162. The fourth-order valence-corrected chi connectivity index (χ4v) is 1.99. The molecule has 9 heavy (non-hydrogen) atoms. The van der Waals surface area contributed by atoms with Gasteiger partial charge in [-0.2, -0.15) is 0 Å². The van der Waals surface area contributed by atoms with Crippen LogP contribution < -0.4 is 0 Å². The summed E-state index contributed by atoms with van der Waals surface area (Å²) in [5, 5.41) is 9.33. The molecule has 0 aromatic rings. The molecule has 0 saturated heterocycles. The molecule has 1 nitrogen and oxygen atoms in total. The predicted octanol–water partition coefficient (Wildman–Crippen LogP) is 1.33. The SMILES string of the molecule is CC12C=CC1C(O)CC2. The summed E-state index contributed by atoms with van der Waals surface area (Å²) in [6.07, 6.45) is 6.50. The van der Waals surface area contributed by atoms with Crippen LogP contribution in [-0.2, 0) is 0 Å². The zero-order valence-corrected chi connectivity index (χ0v) is 5.67. The van der Waals surface area contributed by atoms with Gasteiger partial charge in [0.15, 0.2) is 0 Å². The maximum Gasteiger partial charge on any atom is 0.0611 e. The van der Waals surface area contributed by atoms with E-state index in [4.69, 9.17) is 0 Å². The van der Waals surface area contributed by atoms with E-state index < -0.39 is 0 Å². The largest absolute Gasteiger partial charge is 0.392 e. The van der Waals surface area contributed by atoms with E-state index in [1.165, 1.54) is 6.42 Å². The Balaban J connectivity index is 2.25. The van der Waals surface area contributed by atoms with Gasteiger partial charge in [0.2, 0.25) is 0 Å². The van der Waals surface area contributed by atoms with Crippen LogP contribution in [-0.4, -0.2) is 11.2 Å². The van der Waals surface area contributed by atoms with Crippen molar-refractivity contribution in [3.05, 3.63) is 12.2 Å². The van der Waals surface area contributed by atoms with E-state index in [1.807, 2.05) is 0 Å². The molecule has 0 aromatic heterocycles. The first-order chi connectivity index (χ1) is 4.22. The van der Waals surface area contributed by atoms with E-state index in [2.05, 4.69) is 19.1 Å². The molecule has 2 aliphatic carbocycles. The van der Waals surface area contributed by atoms with Gasteiger partial charge >= 0.3 is 0 Å². The summed E-state index contributed by atoms with van der Waals surface area (Å²) in [4.78, 5) is 0. The Kier molecular flexibility index (Phi) is 0.854. The average Bonchev–Trinajstić information content (AvgIpc) is 1.93. The molecular formula is C8H12O. The molecule has 2 rings (SSSR count). The fourth-order valence-electron chi connectivity index (χ4n) is 1.99. The lowest BCUT2D eigenvalue weighted by Crippen LogP contribution is -2.30. The first-order valence-corrected chi connectivity index (χ1v) is 3.60. The number of hydrogen-bond donors (Lipinski definition) is 1. The summed E-state index contributed by atoms with van der Waals surface area (Å²) in [6.45, 7) is 2.23. The number of aliphatic hydroxyl groups excluding tert-OH is 1. The fraction of sp³-hybridized carbons (Fsp3) is 0.750. The monoisotopic (exact) mass is 124 g/mol. The highest BCUT2D eigenvalue weighted by Crippen LogP contribution is 2.51. The molecule has 1 heteroatoms. The molecule has 50 valence electrons. The van der Waals surface area contributed by atoms with Gasteiger partial charge in [-0.25, -0.2) is 0 Å². The second-order valence-corrected chi connectivity index (χ2v) is 3.50. The van der Waals surface area contributed by atoms with E-state index in [9.17, 15) is 5.11 Å². The molecule has 0 aliphatic heterocycles. The molecule has 0 radical (unpaired) electrons. The molecule has 0 bridgehead atoms. The minimum Gasteiger partial charge on any atom is -0.392 e. The van der Waals surface area contributed by atoms with Crippen molar-refractivity contribution < 1.29 is 5.11 Å². The zero-order chi connectivity index (χ0) is 6.48. The third kappa shape index (κ3) is 0.531. The van der Waals surface area contributed by atoms with Crippen LogP contribution in [0.5, 0.6) is 0 Å². The summed E-state index contributed by atoms with van der Waals surface area (Å²) in [5.41, 5.74) is 0.374. The highest BCUT2D eigenvalue weighted by molar-refractivity contribution is 5.22. The second kappa shape index (κ2) is 1.40. The number of fused-ring (bicyclic) bond motifs is 1. The molecule has 0 amide bonds. The molecule has 2 aliphatic rings. The van der Waals surface area contributed by atoms with Crippen LogP contribution in [0, 0.1) is 11.3 Å². The summed E-state index contributed by atoms with van der Waals surface area (Å²) in [7, 11) is 0. The molecule has 1 saturated carbocycles. The molecular weight excluding hydrogens is 112 g/mol. The van der Waals surface area contributed by atoms with Crippen molar-refractivity contribution in [1.82, 2.24) is 0 Å². The van der Waals surface area contributed by atoms with E-state index in [0.717, 1.165) is 6.42 Å². The van der Waals surface area contributed by atoms with E-state index in [1.54, 1.807) is 0 Å². The van der Waals surface area contributed by atoms with Crippen molar-refractivity contribution in [3.63, 3.8) is 0 Å². The molecule has 0 heterocycles. The normalized spacial score (nSPS) is 54.9. The lowest BCUT2D eigenvalue weighted by Gasteiger charge is -2.35. The van der Waals surface area contributed by atoms with Gasteiger partial charge < -0.3 is 5.11 Å². The van der Waals surface area contributed by atoms with Gasteiger partial charge in [-0.1, -0.05) is 19.1 Å². The van der Waals surface area contributed by atoms with Gasteiger partial charge in [0.25, 0.3) is 0 Å². The third-order valence-electron chi connectivity index (χ3n) is 2.84. The highest BCUT2D eigenvalue weighted by atomic mass is 16.3. The van der Waals surface area contributed by atoms with Gasteiger partial charge in [0.05, 0.1) is 6.10 Å². The smallest absolute Gasteiger partial charge is 0.0611 e. The van der Waals surface area contributed by atoms with Crippen LogP contribution in [0.2, 0.25) is 0 Å². The van der Waals surface area contributed by atoms with Gasteiger partial charge in [-0.3, -0.25) is 0 Å². The summed E-state index contributed by atoms with van der Waals surface area (Å²) in [5.74, 6) is 0.484. The summed E-state index contributed by atoms with van der Waals surface area (Å²) < 4.78 is 0. The van der Waals surface area contributed by atoms with Crippen LogP contribution in [0.3, 0.4) is 0 Å². The molecule has 1 N–H and O–H groups in total. The molecule has 3 unspecified atom stereocenters. The minimum atomic E-state index is -0.0417. The van der Waals surface area contributed by atoms with Gasteiger partial charge in [-0.15, -0.1) is 0 Å². The van der Waals surface area contributed by atoms with Crippen LogP contribution in [0.25, 0.3) is 0 Å². The first-order valence-electron chi connectivity index (χ1n) is 3.60. The molecule has 0 spiro atoms.